The third-order valence-corrected chi connectivity index (χ3v) is 4.14. The molecule has 0 aliphatic carbocycles. The fraction of sp³-hybridized carbons (Fsp3) is 0.550. The van der Waals surface area contributed by atoms with Crippen LogP contribution in [0.3, 0.4) is 0 Å². The normalized spacial score (nSPS) is 15.1. The van der Waals surface area contributed by atoms with Crippen molar-refractivity contribution in [3.63, 3.8) is 0 Å². The number of nitrogens with one attached hydrogen (secondary N) is 2. The Labute approximate surface area is 170 Å². The number of carbonyl (C=O) groups excluding carboxylic acids is 3. The van der Waals surface area contributed by atoms with E-state index in [0.29, 0.717) is 6.42 Å². The van der Waals surface area contributed by atoms with E-state index in [0.717, 1.165) is 5.56 Å². The Hall–Kier alpha value is -2.49. The molecule has 0 saturated heterocycles. The average Bonchev–Trinajstić information content (AvgIpc) is 2.67. The first-order valence-corrected chi connectivity index (χ1v) is 9.51. The summed E-state index contributed by atoms with van der Waals surface area (Å²) in [5.74, 6) is -2.08. The first-order chi connectivity index (χ1) is 13.6. The lowest BCUT2D eigenvalue weighted by Crippen LogP contribution is -2.58. The molecule has 0 aliphatic heterocycles. The van der Waals surface area contributed by atoms with Gasteiger partial charge in [-0.3, -0.25) is 9.59 Å². The number of ether oxygens (including phenoxy) is 1. The highest BCUT2D eigenvalue weighted by atomic mass is 16.5. The fourth-order valence-electron chi connectivity index (χ4n) is 2.54. The summed E-state index contributed by atoms with van der Waals surface area (Å²) in [4.78, 5) is 36.8. The van der Waals surface area contributed by atoms with Crippen LogP contribution in [0.15, 0.2) is 30.3 Å². The maximum Gasteiger partial charge on any atom is 0.331 e. The molecule has 2 amide bonds. The standard InChI is InChI=1S/C20H31N3O6/c1-12(2)9-15(21)18(26)22-16(10-24)19(27)23-17(13(3)25)20(28)29-11-14-7-5-4-6-8-14/h4-8,12-13,15-17,24-25H,9-11,21H2,1-3H3,(H,22,26)(H,23,27)/t13-,15+,16+,17+/m1/s1. The van der Waals surface area contributed by atoms with E-state index in [4.69, 9.17) is 10.5 Å². The molecule has 1 rings (SSSR count). The molecule has 0 saturated carbocycles. The lowest BCUT2D eigenvalue weighted by atomic mass is 10.0. The van der Waals surface area contributed by atoms with E-state index in [9.17, 15) is 24.6 Å². The Bertz CT molecular complexity index is 665. The fourth-order valence-corrected chi connectivity index (χ4v) is 2.54. The largest absolute Gasteiger partial charge is 0.459 e. The van der Waals surface area contributed by atoms with Gasteiger partial charge in [0.05, 0.1) is 18.8 Å². The molecular weight excluding hydrogens is 378 g/mol. The number of esters is 1. The molecule has 6 N–H and O–H groups in total. The molecule has 0 heterocycles. The molecule has 0 aliphatic rings. The number of aliphatic hydroxyl groups is 2. The van der Waals surface area contributed by atoms with Gasteiger partial charge in [0.15, 0.2) is 6.04 Å². The summed E-state index contributed by atoms with van der Waals surface area (Å²) in [6, 6.07) is 5.42. The van der Waals surface area contributed by atoms with Gasteiger partial charge < -0.3 is 31.3 Å². The summed E-state index contributed by atoms with van der Waals surface area (Å²) in [6.07, 6.45) is -0.839. The quantitative estimate of drug-likeness (QED) is 0.308. The molecule has 9 heteroatoms. The molecule has 1 aromatic carbocycles. The summed E-state index contributed by atoms with van der Waals surface area (Å²) in [7, 11) is 0. The minimum atomic E-state index is -1.36. The maximum atomic E-state index is 12.4. The van der Waals surface area contributed by atoms with E-state index in [1.54, 1.807) is 24.3 Å². The number of nitrogens with two attached hydrogens (primary N) is 1. The van der Waals surface area contributed by atoms with Gasteiger partial charge >= 0.3 is 5.97 Å². The highest BCUT2D eigenvalue weighted by molar-refractivity contribution is 5.92. The van der Waals surface area contributed by atoms with Crippen LogP contribution >= 0.6 is 0 Å². The van der Waals surface area contributed by atoms with Gasteiger partial charge in [0.1, 0.15) is 12.6 Å². The van der Waals surface area contributed by atoms with Gasteiger partial charge in [-0.15, -0.1) is 0 Å². The highest BCUT2D eigenvalue weighted by Crippen LogP contribution is 2.05. The van der Waals surface area contributed by atoms with Crippen molar-refractivity contribution < 1.29 is 29.3 Å². The minimum absolute atomic E-state index is 0.0248. The molecule has 0 radical (unpaired) electrons. The van der Waals surface area contributed by atoms with Crippen LogP contribution in [0, 0.1) is 5.92 Å². The van der Waals surface area contributed by atoms with Crippen molar-refractivity contribution in [1.82, 2.24) is 10.6 Å². The van der Waals surface area contributed by atoms with E-state index < -0.39 is 48.6 Å². The van der Waals surface area contributed by atoms with Crippen LogP contribution < -0.4 is 16.4 Å². The van der Waals surface area contributed by atoms with Crippen LogP contribution in [0.4, 0.5) is 0 Å². The zero-order chi connectivity index (χ0) is 22.0. The molecule has 0 fully saturated rings. The van der Waals surface area contributed by atoms with Crippen molar-refractivity contribution >= 4 is 17.8 Å². The van der Waals surface area contributed by atoms with E-state index >= 15 is 0 Å². The summed E-state index contributed by atoms with van der Waals surface area (Å²) >= 11 is 0. The van der Waals surface area contributed by atoms with Crippen molar-refractivity contribution in [2.75, 3.05) is 6.61 Å². The number of hydrogen-bond acceptors (Lipinski definition) is 7. The van der Waals surface area contributed by atoms with E-state index in [-0.39, 0.29) is 12.5 Å². The van der Waals surface area contributed by atoms with E-state index in [2.05, 4.69) is 10.6 Å². The van der Waals surface area contributed by atoms with Gasteiger partial charge in [0.2, 0.25) is 11.8 Å². The predicted molar refractivity (Wildman–Crippen MR) is 106 cm³/mol. The Balaban J connectivity index is 2.68. The van der Waals surface area contributed by atoms with Crippen LogP contribution in [0.1, 0.15) is 32.8 Å². The second-order valence-corrected chi connectivity index (χ2v) is 7.30. The summed E-state index contributed by atoms with van der Waals surface area (Å²) in [5, 5.41) is 24.0. The van der Waals surface area contributed by atoms with Gasteiger partial charge in [-0.25, -0.2) is 4.79 Å². The molecule has 162 valence electrons. The van der Waals surface area contributed by atoms with Gasteiger partial charge in [0, 0.05) is 0 Å². The van der Waals surface area contributed by atoms with Crippen molar-refractivity contribution in [2.24, 2.45) is 11.7 Å². The number of rotatable bonds is 11. The average molecular weight is 409 g/mol. The zero-order valence-corrected chi connectivity index (χ0v) is 17.0. The summed E-state index contributed by atoms with van der Waals surface area (Å²) in [6.45, 7) is 4.40. The molecule has 1 aromatic rings. The Morgan fingerprint density at radius 2 is 1.69 bits per heavy atom. The van der Waals surface area contributed by atoms with Gasteiger partial charge in [-0.2, -0.15) is 0 Å². The smallest absolute Gasteiger partial charge is 0.331 e. The lowest BCUT2D eigenvalue weighted by molar-refractivity contribution is -0.152. The molecule has 0 unspecified atom stereocenters. The summed E-state index contributed by atoms with van der Waals surface area (Å²) < 4.78 is 5.15. The van der Waals surface area contributed by atoms with Gasteiger partial charge in [-0.05, 0) is 24.8 Å². The maximum absolute atomic E-state index is 12.4. The number of carbonyl (C=O) groups is 3. The van der Waals surface area contributed by atoms with Gasteiger partial charge in [-0.1, -0.05) is 44.2 Å². The first kappa shape index (κ1) is 24.5. The Kier molecular flexibility index (Phi) is 10.3. The molecule has 0 spiro atoms. The van der Waals surface area contributed by atoms with Crippen LogP contribution in [0.2, 0.25) is 0 Å². The van der Waals surface area contributed by atoms with E-state index in [1.165, 1.54) is 6.92 Å². The molecule has 0 bridgehead atoms. The number of hydrogen-bond donors (Lipinski definition) is 5. The molecule has 4 atom stereocenters. The number of amides is 2. The highest BCUT2D eigenvalue weighted by Gasteiger charge is 2.31. The third-order valence-electron chi connectivity index (χ3n) is 4.14. The lowest BCUT2D eigenvalue weighted by Gasteiger charge is -2.24. The van der Waals surface area contributed by atoms with Crippen LogP contribution in [-0.4, -0.2) is 58.8 Å². The monoisotopic (exact) mass is 409 g/mol. The Morgan fingerprint density at radius 1 is 1.07 bits per heavy atom. The SMILES string of the molecule is CC(C)C[C@H](N)C(=O)N[C@@H](CO)C(=O)N[C@H](C(=O)OCc1ccccc1)[C@@H](C)O. The third kappa shape index (κ3) is 8.59. The number of benzene rings is 1. The second kappa shape index (κ2) is 12.2. The van der Waals surface area contributed by atoms with Gasteiger partial charge in [0.25, 0.3) is 0 Å². The molecule has 9 nitrogen and oxygen atoms in total. The Morgan fingerprint density at radius 3 is 2.21 bits per heavy atom. The number of aliphatic hydroxyl groups excluding tert-OH is 2. The van der Waals surface area contributed by atoms with E-state index in [1.807, 2.05) is 19.9 Å². The molecule has 29 heavy (non-hydrogen) atoms. The van der Waals surface area contributed by atoms with Crippen LogP contribution in [0.25, 0.3) is 0 Å². The first-order valence-electron chi connectivity index (χ1n) is 9.51. The predicted octanol–water partition coefficient (Wildman–Crippen LogP) is -0.554. The van der Waals surface area contributed by atoms with Crippen molar-refractivity contribution in [1.29, 1.82) is 0 Å². The van der Waals surface area contributed by atoms with Crippen LogP contribution in [-0.2, 0) is 25.7 Å². The van der Waals surface area contributed by atoms with Crippen LogP contribution in [0.5, 0.6) is 0 Å². The van der Waals surface area contributed by atoms with Crippen molar-refractivity contribution in [3.05, 3.63) is 35.9 Å². The molecule has 0 aromatic heterocycles. The molecular formula is C20H31N3O6. The second-order valence-electron chi connectivity index (χ2n) is 7.30. The summed E-state index contributed by atoms with van der Waals surface area (Å²) in [5.41, 5.74) is 6.52. The topological polar surface area (TPSA) is 151 Å². The minimum Gasteiger partial charge on any atom is -0.459 e. The zero-order valence-electron chi connectivity index (χ0n) is 17.0. The van der Waals surface area contributed by atoms with Crippen molar-refractivity contribution in [3.8, 4) is 0 Å². The van der Waals surface area contributed by atoms with Crippen molar-refractivity contribution in [2.45, 2.75) is 58.0 Å².